The van der Waals surface area contributed by atoms with E-state index in [2.05, 4.69) is 81.4 Å². The lowest BCUT2D eigenvalue weighted by molar-refractivity contribution is 0.476. The number of rotatable bonds is 5. The molecule has 0 aromatic heterocycles. The molecule has 2 aromatic carbocycles. The molecular weight excluding hydrogens is 413 g/mol. The van der Waals surface area contributed by atoms with E-state index in [0.717, 1.165) is 20.4 Å². The normalized spacial score (nSPS) is 14.0. The van der Waals surface area contributed by atoms with E-state index in [0.29, 0.717) is 6.04 Å². The molecule has 2 rings (SSSR count). The summed E-state index contributed by atoms with van der Waals surface area (Å²) in [6, 6.07) is 15.0. The van der Waals surface area contributed by atoms with Crippen LogP contribution in [0, 0.1) is 0 Å². The van der Waals surface area contributed by atoms with Crippen molar-refractivity contribution in [2.45, 2.75) is 32.4 Å². The molecule has 0 radical (unpaired) electrons. The second kappa shape index (κ2) is 7.77. The Hall–Kier alpha value is -0.350. The summed E-state index contributed by atoms with van der Waals surface area (Å²) in [7, 11) is 0. The van der Waals surface area contributed by atoms with Gasteiger partial charge in [0, 0.05) is 26.1 Å². The van der Waals surface area contributed by atoms with E-state index < -0.39 is 0 Å². The number of benzene rings is 2. The van der Waals surface area contributed by atoms with Crippen LogP contribution in [0.5, 0.6) is 0 Å². The first-order valence-corrected chi connectivity index (χ1v) is 8.87. The Morgan fingerprint density at radius 3 is 2.33 bits per heavy atom. The van der Waals surface area contributed by atoms with Crippen molar-refractivity contribution in [2.24, 2.45) is 0 Å². The molecule has 0 saturated heterocycles. The summed E-state index contributed by atoms with van der Waals surface area (Å²) in [6.07, 6.45) is 0.982. The molecule has 112 valence electrons. The van der Waals surface area contributed by atoms with Crippen LogP contribution in [0.25, 0.3) is 0 Å². The van der Waals surface area contributed by atoms with Crippen molar-refractivity contribution in [3.63, 3.8) is 0 Å². The van der Waals surface area contributed by atoms with Gasteiger partial charge in [0.1, 0.15) is 0 Å². The van der Waals surface area contributed by atoms with Crippen molar-refractivity contribution in [1.82, 2.24) is 5.32 Å². The molecule has 0 bridgehead atoms. The van der Waals surface area contributed by atoms with Crippen LogP contribution in [0.1, 0.15) is 31.0 Å². The molecule has 4 heteroatoms. The van der Waals surface area contributed by atoms with Gasteiger partial charge in [0.25, 0.3) is 0 Å². The smallest absolute Gasteiger partial charge is 0.0406 e. The fraction of sp³-hybridized carbons (Fsp3) is 0.294. The Bertz CT molecular complexity index is 598. The van der Waals surface area contributed by atoms with Crippen LogP contribution < -0.4 is 5.32 Å². The second-order valence-corrected chi connectivity index (χ2v) is 7.49. The highest BCUT2D eigenvalue weighted by atomic mass is 79.9. The minimum absolute atomic E-state index is 0.287. The number of hydrogen-bond donors (Lipinski definition) is 1. The van der Waals surface area contributed by atoms with Gasteiger partial charge in [0.05, 0.1) is 0 Å². The standard InChI is InChI=1S/C17H18Br2ClN/c1-11(9-13-3-6-15(20)7-4-13)21-12(2)16-8-5-14(18)10-17(16)19/h3-8,10-12,21H,9H2,1-2H3. The summed E-state index contributed by atoms with van der Waals surface area (Å²) < 4.78 is 2.20. The highest BCUT2D eigenvalue weighted by molar-refractivity contribution is 9.11. The number of nitrogens with one attached hydrogen (secondary N) is 1. The SMILES string of the molecule is CC(Cc1ccc(Cl)cc1)NC(C)c1ccc(Br)cc1Br. The summed E-state index contributed by atoms with van der Waals surface area (Å²) in [5.74, 6) is 0. The van der Waals surface area contributed by atoms with E-state index in [1.54, 1.807) is 0 Å². The quantitative estimate of drug-likeness (QED) is 0.599. The predicted octanol–water partition coefficient (Wildman–Crippen LogP) is 6.15. The highest BCUT2D eigenvalue weighted by Gasteiger charge is 2.13. The van der Waals surface area contributed by atoms with Crippen molar-refractivity contribution in [2.75, 3.05) is 0 Å². The van der Waals surface area contributed by atoms with Gasteiger partial charge in [-0.25, -0.2) is 0 Å². The Labute approximate surface area is 148 Å². The summed E-state index contributed by atoms with van der Waals surface area (Å²) in [5, 5.41) is 4.43. The molecule has 21 heavy (non-hydrogen) atoms. The molecule has 2 aromatic rings. The largest absolute Gasteiger partial charge is 0.307 e. The third-order valence-corrected chi connectivity index (χ3v) is 4.85. The first-order chi connectivity index (χ1) is 9.95. The summed E-state index contributed by atoms with van der Waals surface area (Å²) in [5.41, 5.74) is 2.56. The van der Waals surface area contributed by atoms with Gasteiger partial charge in [0.15, 0.2) is 0 Å². The van der Waals surface area contributed by atoms with Crippen molar-refractivity contribution < 1.29 is 0 Å². The molecule has 2 unspecified atom stereocenters. The molecule has 0 fully saturated rings. The first-order valence-electron chi connectivity index (χ1n) is 6.91. The van der Waals surface area contributed by atoms with Gasteiger partial charge in [-0.3, -0.25) is 0 Å². The van der Waals surface area contributed by atoms with E-state index >= 15 is 0 Å². The molecule has 2 atom stereocenters. The summed E-state index contributed by atoms with van der Waals surface area (Å²) in [4.78, 5) is 0. The minimum atomic E-state index is 0.287. The predicted molar refractivity (Wildman–Crippen MR) is 98.0 cm³/mol. The zero-order valence-electron chi connectivity index (χ0n) is 12.0. The number of hydrogen-bond acceptors (Lipinski definition) is 1. The molecule has 0 aliphatic carbocycles. The third-order valence-electron chi connectivity index (χ3n) is 3.42. The monoisotopic (exact) mass is 429 g/mol. The van der Waals surface area contributed by atoms with E-state index in [4.69, 9.17) is 11.6 Å². The van der Waals surface area contributed by atoms with Crippen LogP contribution in [0.2, 0.25) is 5.02 Å². The Balaban J connectivity index is 1.98. The van der Waals surface area contributed by atoms with Gasteiger partial charge in [-0.05, 0) is 55.7 Å². The van der Waals surface area contributed by atoms with Gasteiger partial charge in [0.2, 0.25) is 0 Å². The maximum atomic E-state index is 5.92. The van der Waals surface area contributed by atoms with E-state index in [9.17, 15) is 0 Å². The van der Waals surface area contributed by atoms with Crippen LogP contribution in [-0.4, -0.2) is 6.04 Å². The van der Waals surface area contributed by atoms with E-state index in [-0.39, 0.29) is 6.04 Å². The van der Waals surface area contributed by atoms with Gasteiger partial charge < -0.3 is 5.32 Å². The van der Waals surface area contributed by atoms with Crippen LogP contribution >= 0.6 is 43.5 Å². The van der Waals surface area contributed by atoms with Crippen molar-refractivity contribution in [3.8, 4) is 0 Å². The van der Waals surface area contributed by atoms with Crippen LogP contribution in [0.3, 0.4) is 0 Å². The average Bonchev–Trinajstić information content (AvgIpc) is 2.41. The molecule has 0 aliphatic heterocycles. The molecule has 0 heterocycles. The summed E-state index contributed by atoms with van der Waals surface area (Å²) in [6.45, 7) is 4.39. The topological polar surface area (TPSA) is 12.0 Å². The summed E-state index contributed by atoms with van der Waals surface area (Å²) >= 11 is 13.0. The van der Waals surface area contributed by atoms with Gasteiger partial charge in [-0.15, -0.1) is 0 Å². The molecule has 0 spiro atoms. The fourth-order valence-corrected chi connectivity index (χ4v) is 3.92. The minimum Gasteiger partial charge on any atom is -0.307 e. The highest BCUT2D eigenvalue weighted by Crippen LogP contribution is 2.27. The maximum Gasteiger partial charge on any atom is 0.0406 e. The molecule has 0 aliphatic rings. The zero-order chi connectivity index (χ0) is 15.4. The Morgan fingerprint density at radius 2 is 1.71 bits per heavy atom. The maximum absolute atomic E-state index is 5.92. The fourth-order valence-electron chi connectivity index (χ4n) is 2.40. The lowest BCUT2D eigenvalue weighted by Gasteiger charge is -2.21. The second-order valence-electron chi connectivity index (χ2n) is 5.29. The molecule has 1 N–H and O–H groups in total. The molecular formula is C17H18Br2ClN. The third kappa shape index (κ3) is 5.10. The Kier molecular flexibility index (Phi) is 6.30. The van der Waals surface area contributed by atoms with Gasteiger partial charge in [-0.2, -0.15) is 0 Å². The van der Waals surface area contributed by atoms with Crippen LogP contribution in [0.4, 0.5) is 0 Å². The van der Waals surface area contributed by atoms with Crippen LogP contribution in [0.15, 0.2) is 51.4 Å². The zero-order valence-corrected chi connectivity index (χ0v) is 16.0. The van der Waals surface area contributed by atoms with Crippen LogP contribution in [-0.2, 0) is 6.42 Å². The lowest BCUT2D eigenvalue weighted by Crippen LogP contribution is -2.30. The average molecular weight is 432 g/mol. The van der Waals surface area contributed by atoms with E-state index in [1.807, 2.05) is 12.1 Å². The molecule has 0 amide bonds. The van der Waals surface area contributed by atoms with Gasteiger partial charge in [-0.1, -0.05) is 61.7 Å². The van der Waals surface area contributed by atoms with Gasteiger partial charge >= 0.3 is 0 Å². The number of halogens is 3. The van der Waals surface area contributed by atoms with Crippen molar-refractivity contribution >= 4 is 43.5 Å². The lowest BCUT2D eigenvalue weighted by atomic mass is 10.0. The molecule has 0 saturated carbocycles. The van der Waals surface area contributed by atoms with Crippen molar-refractivity contribution in [3.05, 3.63) is 67.6 Å². The first kappa shape index (κ1) is 17.0. The molecule has 1 nitrogen and oxygen atoms in total. The van der Waals surface area contributed by atoms with Crippen molar-refractivity contribution in [1.29, 1.82) is 0 Å². The van der Waals surface area contributed by atoms with E-state index in [1.165, 1.54) is 11.1 Å². The Morgan fingerprint density at radius 1 is 1.05 bits per heavy atom.